The Morgan fingerprint density at radius 1 is 1.10 bits per heavy atom. The summed E-state index contributed by atoms with van der Waals surface area (Å²) >= 11 is 0. The van der Waals surface area contributed by atoms with Gasteiger partial charge in [0.25, 0.3) is 5.91 Å². The third-order valence-electron chi connectivity index (χ3n) is 3.84. The zero-order valence-electron chi connectivity index (χ0n) is 16.6. The van der Waals surface area contributed by atoms with Gasteiger partial charge in [0.15, 0.2) is 0 Å². The van der Waals surface area contributed by atoms with Gasteiger partial charge in [-0.25, -0.2) is 0 Å². The number of alkyl halides is 3. The van der Waals surface area contributed by atoms with Gasteiger partial charge >= 0.3 is 6.36 Å². The molecule has 0 saturated heterocycles. The summed E-state index contributed by atoms with van der Waals surface area (Å²) in [5.74, 6) is -0.00997. The molecule has 0 saturated carbocycles. The molecule has 30 heavy (non-hydrogen) atoms. The molecule has 0 atom stereocenters. The van der Waals surface area contributed by atoms with Crippen LogP contribution in [0.2, 0.25) is 0 Å². The van der Waals surface area contributed by atoms with Crippen LogP contribution in [0, 0.1) is 0 Å². The summed E-state index contributed by atoms with van der Waals surface area (Å²) in [6.45, 7) is 3.90. The van der Waals surface area contributed by atoms with Gasteiger partial charge in [0.05, 0.1) is 5.57 Å². The number of rotatable bonds is 8. The Morgan fingerprint density at radius 3 is 2.37 bits per heavy atom. The van der Waals surface area contributed by atoms with Gasteiger partial charge in [0.1, 0.15) is 17.2 Å². The highest BCUT2D eigenvalue weighted by atomic mass is 19.4. The molecular weight excluding hydrogens is 397 g/mol. The first kappa shape index (κ1) is 22.9. The van der Waals surface area contributed by atoms with Crippen molar-refractivity contribution in [1.82, 2.24) is 5.32 Å². The summed E-state index contributed by atoms with van der Waals surface area (Å²) in [5, 5.41) is 2.80. The van der Waals surface area contributed by atoms with Crippen molar-refractivity contribution in [3.05, 3.63) is 77.5 Å². The average molecular weight is 420 g/mol. The van der Waals surface area contributed by atoms with Gasteiger partial charge in [0.2, 0.25) is 0 Å². The molecule has 1 amide bonds. The van der Waals surface area contributed by atoms with Crippen molar-refractivity contribution in [1.29, 1.82) is 0 Å². The van der Waals surface area contributed by atoms with Gasteiger partial charge < -0.3 is 20.5 Å². The number of benzene rings is 2. The van der Waals surface area contributed by atoms with Gasteiger partial charge in [-0.3, -0.25) is 4.79 Å². The van der Waals surface area contributed by atoms with Crippen LogP contribution >= 0.6 is 0 Å². The zero-order chi connectivity index (χ0) is 22.1. The van der Waals surface area contributed by atoms with Crippen LogP contribution in [-0.2, 0) is 11.3 Å². The molecule has 0 spiro atoms. The average Bonchev–Trinajstić information content (AvgIpc) is 2.66. The van der Waals surface area contributed by atoms with Crippen molar-refractivity contribution in [2.45, 2.75) is 33.2 Å². The van der Waals surface area contributed by atoms with Crippen LogP contribution in [0.4, 0.5) is 13.2 Å². The van der Waals surface area contributed by atoms with Crippen LogP contribution in [0.15, 0.2) is 72.0 Å². The molecule has 2 rings (SSSR count). The molecule has 5 nitrogen and oxygen atoms in total. The predicted molar refractivity (Wildman–Crippen MR) is 108 cm³/mol. The smallest absolute Gasteiger partial charge is 0.457 e. The first-order valence-corrected chi connectivity index (χ1v) is 9.21. The molecular formula is C22H23F3N2O3. The molecule has 8 heteroatoms. The second kappa shape index (κ2) is 10.4. The lowest BCUT2D eigenvalue weighted by atomic mass is 10.1. The van der Waals surface area contributed by atoms with Crippen molar-refractivity contribution in [2.24, 2.45) is 5.73 Å². The number of halogens is 3. The molecule has 0 aliphatic heterocycles. The Kier molecular flexibility index (Phi) is 7.91. The third-order valence-corrected chi connectivity index (χ3v) is 3.84. The van der Waals surface area contributed by atoms with Crippen LogP contribution in [-0.4, -0.2) is 12.3 Å². The van der Waals surface area contributed by atoms with E-state index in [9.17, 15) is 18.0 Å². The summed E-state index contributed by atoms with van der Waals surface area (Å²) in [4.78, 5) is 12.3. The van der Waals surface area contributed by atoms with Gasteiger partial charge in [-0.15, -0.1) is 13.2 Å². The first-order chi connectivity index (χ1) is 14.2. The van der Waals surface area contributed by atoms with Crippen LogP contribution in [0.1, 0.15) is 25.8 Å². The van der Waals surface area contributed by atoms with Crippen molar-refractivity contribution < 1.29 is 27.4 Å². The Hall–Kier alpha value is -3.42. The van der Waals surface area contributed by atoms with Crippen molar-refractivity contribution >= 4 is 5.91 Å². The number of ether oxygens (including phenoxy) is 2. The quantitative estimate of drug-likeness (QED) is 0.455. The molecule has 0 aliphatic carbocycles. The molecule has 0 radical (unpaired) electrons. The highest BCUT2D eigenvalue weighted by Gasteiger charge is 2.31. The molecule has 2 aromatic rings. The maximum atomic E-state index is 12.3. The second-order valence-corrected chi connectivity index (χ2v) is 6.36. The lowest BCUT2D eigenvalue weighted by Crippen LogP contribution is -2.25. The maximum absolute atomic E-state index is 12.3. The molecule has 0 aromatic heterocycles. The molecule has 160 valence electrons. The summed E-state index contributed by atoms with van der Waals surface area (Å²) in [7, 11) is 0. The van der Waals surface area contributed by atoms with E-state index in [0.717, 1.165) is 18.1 Å². The van der Waals surface area contributed by atoms with Gasteiger partial charge in [0, 0.05) is 18.3 Å². The van der Waals surface area contributed by atoms with Crippen molar-refractivity contribution in [2.75, 3.05) is 0 Å². The van der Waals surface area contributed by atoms with Crippen LogP contribution in [0.3, 0.4) is 0 Å². The Morgan fingerprint density at radius 2 is 1.77 bits per heavy atom. The van der Waals surface area contributed by atoms with Gasteiger partial charge in [-0.2, -0.15) is 0 Å². The van der Waals surface area contributed by atoms with E-state index in [0.29, 0.717) is 17.0 Å². The summed E-state index contributed by atoms with van der Waals surface area (Å²) in [5.41, 5.74) is 7.43. The van der Waals surface area contributed by atoms with E-state index >= 15 is 0 Å². The summed E-state index contributed by atoms with van der Waals surface area (Å²) in [6, 6.07) is 12.0. The van der Waals surface area contributed by atoms with E-state index in [1.54, 1.807) is 37.3 Å². The standard InChI is InChI=1S/C22H23F3N2O3/c1-3-4-8-20(15(2)26)21(28)27-14-16-9-11-17(12-10-16)29-18-6-5-7-19(13-18)30-22(23,24)25/h4-13H,3,14,26H2,1-2H3,(H,27,28)/b8-4-,20-15-. The number of hydrogen-bond acceptors (Lipinski definition) is 4. The fourth-order valence-electron chi connectivity index (χ4n) is 2.45. The molecule has 3 N–H and O–H groups in total. The van der Waals surface area contributed by atoms with Gasteiger partial charge in [-0.05, 0) is 43.2 Å². The molecule has 0 heterocycles. The third kappa shape index (κ3) is 7.54. The number of allylic oxidation sites excluding steroid dienone is 2. The lowest BCUT2D eigenvalue weighted by Gasteiger charge is -2.11. The largest absolute Gasteiger partial charge is 0.573 e. The highest BCUT2D eigenvalue weighted by molar-refractivity contribution is 5.96. The number of amides is 1. The lowest BCUT2D eigenvalue weighted by molar-refractivity contribution is -0.274. The Labute approximate surface area is 173 Å². The highest BCUT2D eigenvalue weighted by Crippen LogP contribution is 2.28. The number of carbonyl (C=O) groups excluding carboxylic acids is 1. The predicted octanol–water partition coefficient (Wildman–Crippen LogP) is 5.19. The van der Waals surface area contributed by atoms with Crippen LogP contribution < -0.4 is 20.5 Å². The topological polar surface area (TPSA) is 73.6 Å². The van der Waals surface area contributed by atoms with E-state index in [1.807, 2.05) is 13.0 Å². The van der Waals surface area contributed by atoms with E-state index in [-0.39, 0.29) is 24.0 Å². The van der Waals surface area contributed by atoms with E-state index in [2.05, 4.69) is 10.1 Å². The summed E-state index contributed by atoms with van der Waals surface area (Å²) < 4.78 is 46.4. The molecule has 0 unspecified atom stereocenters. The van der Waals surface area contributed by atoms with E-state index < -0.39 is 6.36 Å². The first-order valence-electron chi connectivity index (χ1n) is 9.21. The minimum Gasteiger partial charge on any atom is -0.457 e. The zero-order valence-corrected chi connectivity index (χ0v) is 16.6. The molecule has 0 aliphatic rings. The minimum absolute atomic E-state index is 0.203. The minimum atomic E-state index is -4.77. The fraction of sp³-hybridized carbons (Fsp3) is 0.227. The van der Waals surface area contributed by atoms with Crippen molar-refractivity contribution in [3.8, 4) is 17.2 Å². The number of hydrogen-bond donors (Lipinski definition) is 2. The second-order valence-electron chi connectivity index (χ2n) is 6.36. The van der Waals surface area contributed by atoms with Crippen molar-refractivity contribution in [3.63, 3.8) is 0 Å². The fourth-order valence-corrected chi connectivity index (χ4v) is 2.45. The van der Waals surface area contributed by atoms with Gasteiger partial charge in [-0.1, -0.05) is 37.3 Å². The van der Waals surface area contributed by atoms with E-state index in [1.165, 1.54) is 18.2 Å². The SMILES string of the molecule is CC/C=C\C(C(=O)NCc1ccc(Oc2cccc(OC(F)(F)F)c2)cc1)=C(/C)N. The normalized spacial score (nSPS) is 12.4. The monoisotopic (exact) mass is 420 g/mol. The van der Waals surface area contributed by atoms with Crippen LogP contribution in [0.25, 0.3) is 0 Å². The Balaban J connectivity index is 1.97. The molecule has 2 aromatic carbocycles. The number of nitrogens with two attached hydrogens (primary N) is 1. The number of nitrogens with one attached hydrogen (secondary N) is 1. The Bertz CT molecular complexity index is 916. The van der Waals surface area contributed by atoms with Crippen LogP contribution in [0.5, 0.6) is 17.2 Å². The van der Waals surface area contributed by atoms with E-state index in [4.69, 9.17) is 10.5 Å². The maximum Gasteiger partial charge on any atom is 0.573 e. The number of carbonyl (C=O) groups is 1. The molecule has 0 bridgehead atoms. The summed E-state index contributed by atoms with van der Waals surface area (Å²) in [6.07, 6.45) is -0.435. The molecule has 0 fully saturated rings.